The van der Waals surface area contributed by atoms with Gasteiger partial charge in [-0.1, -0.05) is 0 Å². The lowest BCUT2D eigenvalue weighted by Crippen LogP contribution is -1.98. The first kappa shape index (κ1) is 10.7. The van der Waals surface area contributed by atoms with Crippen molar-refractivity contribution in [3.8, 4) is 6.07 Å². The van der Waals surface area contributed by atoms with E-state index in [0.29, 0.717) is 6.61 Å². The van der Waals surface area contributed by atoms with E-state index in [-0.39, 0.29) is 0 Å². The van der Waals surface area contributed by atoms with Crippen LogP contribution in [-0.2, 0) is 4.74 Å². The van der Waals surface area contributed by atoms with Crippen molar-refractivity contribution in [2.24, 2.45) is 0 Å². The van der Waals surface area contributed by atoms with Gasteiger partial charge in [-0.3, -0.25) is 0 Å². The Bertz CT molecular complexity index is 309. The van der Waals surface area contributed by atoms with Gasteiger partial charge in [0.25, 0.3) is 0 Å². The normalized spacial score (nSPS) is 12.5. The summed E-state index contributed by atoms with van der Waals surface area (Å²) in [7, 11) is 0. The van der Waals surface area contributed by atoms with Gasteiger partial charge in [-0.25, -0.2) is 0 Å². The molecule has 0 saturated carbocycles. The smallest absolute Gasteiger partial charge is 0.178 e. The summed E-state index contributed by atoms with van der Waals surface area (Å²) >= 11 is 5.00. The minimum Gasteiger partial charge on any atom is -0.358 e. The highest BCUT2D eigenvalue weighted by molar-refractivity contribution is 9.10. The highest BCUT2D eigenvalue weighted by atomic mass is 79.9. The average Bonchev–Trinajstić information content (AvgIpc) is 2.43. The number of rotatable bonds is 3. The third kappa shape index (κ3) is 2.53. The van der Waals surface area contributed by atoms with Crippen LogP contribution in [0.5, 0.6) is 0 Å². The quantitative estimate of drug-likeness (QED) is 0.834. The van der Waals surface area contributed by atoms with Crippen LogP contribution in [-0.4, -0.2) is 6.61 Å². The molecule has 1 unspecified atom stereocenters. The highest BCUT2D eigenvalue weighted by Gasteiger charge is 2.13. The van der Waals surface area contributed by atoms with Gasteiger partial charge in [-0.2, -0.15) is 5.26 Å². The Kier molecular flexibility index (Phi) is 3.91. The lowest BCUT2D eigenvalue weighted by Gasteiger charge is -2.04. The van der Waals surface area contributed by atoms with E-state index in [1.807, 2.05) is 19.9 Å². The summed E-state index contributed by atoms with van der Waals surface area (Å²) in [5.41, 5.74) is 0. The number of thiophene rings is 1. The molecule has 13 heavy (non-hydrogen) atoms. The molecule has 0 N–H and O–H groups in total. The molecule has 4 heteroatoms. The summed E-state index contributed by atoms with van der Waals surface area (Å²) in [5, 5.41) is 8.83. The second-order valence-electron chi connectivity index (χ2n) is 2.52. The van der Waals surface area contributed by atoms with E-state index >= 15 is 0 Å². The predicted molar refractivity (Wildman–Crippen MR) is 56.7 cm³/mol. The maximum absolute atomic E-state index is 8.83. The summed E-state index contributed by atoms with van der Waals surface area (Å²) in [6.07, 6.45) is -0.417. The van der Waals surface area contributed by atoms with E-state index in [4.69, 9.17) is 10.00 Å². The molecule has 2 nitrogen and oxygen atoms in total. The second-order valence-corrected chi connectivity index (χ2v) is 4.66. The summed E-state index contributed by atoms with van der Waals surface area (Å²) in [5.74, 6) is 0. The van der Waals surface area contributed by atoms with Crippen LogP contribution in [0.3, 0.4) is 0 Å². The van der Waals surface area contributed by atoms with Crippen LogP contribution in [0.15, 0.2) is 10.5 Å². The van der Waals surface area contributed by atoms with Crippen molar-refractivity contribution in [3.63, 3.8) is 0 Å². The van der Waals surface area contributed by atoms with Gasteiger partial charge in [0, 0.05) is 20.8 Å². The highest BCUT2D eigenvalue weighted by Crippen LogP contribution is 2.31. The standard InChI is InChI=1S/C9H10BrNOS/c1-3-12-8(5-11)9-4-7(10)6(2)13-9/h4,8H,3H2,1-2H3. The molecule has 0 spiro atoms. The van der Waals surface area contributed by atoms with Crippen molar-refractivity contribution in [1.29, 1.82) is 5.26 Å². The van der Waals surface area contributed by atoms with Crippen molar-refractivity contribution in [1.82, 2.24) is 0 Å². The molecule has 1 rings (SSSR count). The molecule has 1 heterocycles. The SMILES string of the molecule is CCOC(C#N)c1cc(Br)c(C)s1. The molecule has 1 atom stereocenters. The zero-order valence-electron chi connectivity index (χ0n) is 7.50. The summed E-state index contributed by atoms with van der Waals surface area (Å²) in [4.78, 5) is 2.14. The van der Waals surface area contributed by atoms with Crippen molar-refractivity contribution < 1.29 is 4.74 Å². The fourth-order valence-corrected chi connectivity index (χ4v) is 2.52. The molecule has 0 aliphatic rings. The molecule has 1 aromatic rings. The van der Waals surface area contributed by atoms with E-state index in [0.717, 1.165) is 9.35 Å². The van der Waals surface area contributed by atoms with Crippen molar-refractivity contribution in [3.05, 3.63) is 20.3 Å². The van der Waals surface area contributed by atoms with E-state index in [1.165, 1.54) is 4.88 Å². The largest absolute Gasteiger partial charge is 0.358 e. The lowest BCUT2D eigenvalue weighted by molar-refractivity contribution is 0.104. The van der Waals surface area contributed by atoms with Crippen molar-refractivity contribution in [2.45, 2.75) is 20.0 Å². The van der Waals surface area contributed by atoms with Gasteiger partial charge in [0.05, 0.1) is 0 Å². The predicted octanol–water partition coefficient (Wildman–Crippen LogP) is 3.42. The minimum absolute atomic E-state index is 0.417. The van der Waals surface area contributed by atoms with Crippen LogP contribution in [0.2, 0.25) is 0 Å². The van der Waals surface area contributed by atoms with Gasteiger partial charge in [0.1, 0.15) is 6.07 Å². The number of hydrogen-bond donors (Lipinski definition) is 0. The van der Waals surface area contributed by atoms with Crippen LogP contribution in [0.4, 0.5) is 0 Å². The van der Waals surface area contributed by atoms with Crippen LogP contribution in [0.25, 0.3) is 0 Å². The number of nitrogens with zero attached hydrogens (tertiary/aromatic N) is 1. The zero-order chi connectivity index (χ0) is 9.84. The van der Waals surface area contributed by atoms with E-state index in [9.17, 15) is 0 Å². The molecule has 0 aliphatic heterocycles. The molecule has 0 aliphatic carbocycles. The lowest BCUT2D eigenvalue weighted by atomic mass is 10.3. The van der Waals surface area contributed by atoms with E-state index in [1.54, 1.807) is 11.3 Å². The Balaban J connectivity index is 2.87. The number of halogens is 1. The monoisotopic (exact) mass is 259 g/mol. The molecule has 1 aromatic heterocycles. The maximum Gasteiger partial charge on any atom is 0.178 e. The molecular weight excluding hydrogens is 250 g/mol. The molecule has 70 valence electrons. The summed E-state index contributed by atoms with van der Waals surface area (Å²) < 4.78 is 6.32. The molecule has 0 saturated heterocycles. The molecule has 0 radical (unpaired) electrons. The summed E-state index contributed by atoms with van der Waals surface area (Å²) in [6.45, 7) is 4.46. The summed E-state index contributed by atoms with van der Waals surface area (Å²) in [6, 6.07) is 4.08. The van der Waals surface area contributed by atoms with E-state index in [2.05, 4.69) is 22.0 Å². The first-order chi connectivity index (χ1) is 6.19. The minimum atomic E-state index is -0.417. The van der Waals surface area contributed by atoms with Crippen molar-refractivity contribution >= 4 is 27.3 Å². The van der Waals surface area contributed by atoms with Gasteiger partial charge in [-0.05, 0) is 35.8 Å². The Morgan fingerprint density at radius 1 is 1.77 bits per heavy atom. The molecule has 0 aromatic carbocycles. The Hall–Kier alpha value is -0.370. The first-order valence-electron chi connectivity index (χ1n) is 3.96. The van der Waals surface area contributed by atoms with Crippen LogP contribution in [0.1, 0.15) is 22.8 Å². The zero-order valence-corrected chi connectivity index (χ0v) is 9.91. The van der Waals surface area contributed by atoms with Gasteiger partial charge in [-0.15, -0.1) is 11.3 Å². The Labute approximate surface area is 90.3 Å². The maximum atomic E-state index is 8.83. The topological polar surface area (TPSA) is 33.0 Å². The van der Waals surface area contributed by atoms with Gasteiger partial charge in [0.2, 0.25) is 0 Å². The van der Waals surface area contributed by atoms with Gasteiger partial charge in [0.15, 0.2) is 6.10 Å². The fourth-order valence-electron chi connectivity index (χ4n) is 0.960. The Morgan fingerprint density at radius 3 is 2.85 bits per heavy atom. The van der Waals surface area contributed by atoms with Gasteiger partial charge >= 0.3 is 0 Å². The molecule has 0 bridgehead atoms. The third-order valence-corrected chi connectivity index (χ3v) is 3.77. The Morgan fingerprint density at radius 2 is 2.46 bits per heavy atom. The molecular formula is C9H10BrNOS. The molecule has 0 amide bonds. The molecule has 0 fully saturated rings. The van der Waals surface area contributed by atoms with Crippen LogP contribution >= 0.6 is 27.3 Å². The number of hydrogen-bond acceptors (Lipinski definition) is 3. The fraction of sp³-hybridized carbons (Fsp3) is 0.444. The van der Waals surface area contributed by atoms with Crippen LogP contribution < -0.4 is 0 Å². The van der Waals surface area contributed by atoms with Crippen molar-refractivity contribution in [2.75, 3.05) is 6.61 Å². The number of nitriles is 1. The number of aryl methyl sites for hydroxylation is 1. The first-order valence-corrected chi connectivity index (χ1v) is 5.57. The van der Waals surface area contributed by atoms with Crippen LogP contribution in [0, 0.1) is 18.3 Å². The van der Waals surface area contributed by atoms with Gasteiger partial charge < -0.3 is 4.74 Å². The average molecular weight is 260 g/mol. The third-order valence-electron chi connectivity index (χ3n) is 1.59. The second kappa shape index (κ2) is 4.75. The van der Waals surface area contributed by atoms with E-state index < -0.39 is 6.10 Å². The number of ether oxygens (including phenoxy) is 1.